The second kappa shape index (κ2) is 6.89. The monoisotopic (exact) mass is 377 g/mol. The van der Waals surface area contributed by atoms with Crippen molar-refractivity contribution in [1.82, 2.24) is 9.88 Å². The van der Waals surface area contributed by atoms with E-state index in [4.69, 9.17) is 23.2 Å². The van der Waals surface area contributed by atoms with E-state index in [1.807, 2.05) is 17.6 Å². The fourth-order valence-electron chi connectivity index (χ4n) is 3.12. The van der Waals surface area contributed by atoms with E-state index in [1.165, 1.54) is 10.4 Å². The Labute approximate surface area is 155 Å². The summed E-state index contributed by atoms with van der Waals surface area (Å²) in [5.41, 5.74) is 5.37. The molecule has 0 saturated carbocycles. The zero-order chi connectivity index (χ0) is 16.5. The number of piperazine rings is 1. The summed E-state index contributed by atoms with van der Waals surface area (Å²) in [7, 11) is 0. The lowest BCUT2D eigenvalue weighted by molar-refractivity contribution is 0.250. The van der Waals surface area contributed by atoms with Gasteiger partial charge in [-0.05, 0) is 29.8 Å². The van der Waals surface area contributed by atoms with Crippen molar-refractivity contribution in [3.8, 4) is 0 Å². The number of hydrogen-bond donors (Lipinski definition) is 0. The van der Waals surface area contributed by atoms with E-state index in [0.717, 1.165) is 43.8 Å². The standard InChI is InChI=1S/C18H17Cl2N3S/c19-15-3-1-2-13(18(15)20)11-22-6-8-23(9-7-22)14-4-5-16-17(10-14)24-12-21-16/h1-5,10,12H,6-9,11H2. The Hall–Kier alpha value is -1.33. The first-order chi connectivity index (χ1) is 11.7. The maximum atomic E-state index is 6.31. The number of fused-ring (bicyclic) bond motifs is 1. The minimum atomic E-state index is 0.630. The average Bonchev–Trinajstić information content (AvgIpc) is 3.07. The zero-order valence-corrected chi connectivity index (χ0v) is 15.4. The molecule has 1 fully saturated rings. The van der Waals surface area contributed by atoms with Gasteiger partial charge in [0.2, 0.25) is 0 Å². The number of rotatable bonds is 3. The van der Waals surface area contributed by atoms with Crippen LogP contribution < -0.4 is 4.90 Å². The Balaban J connectivity index is 1.42. The predicted octanol–water partition coefficient (Wildman–Crippen LogP) is 4.93. The number of aromatic nitrogens is 1. The van der Waals surface area contributed by atoms with Crippen LogP contribution in [0.3, 0.4) is 0 Å². The van der Waals surface area contributed by atoms with Crippen molar-refractivity contribution in [1.29, 1.82) is 0 Å². The number of halogens is 2. The first kappa shape index (κ1) is 16.2. The third-order valence-electron chi connectivity index (χ3n) is 4.48. The zero-order valence-electron chi connectivity index (χ0n) is 13.1. The van der Waals surface area contributed by atoms with E-state index in [2.05, 4.69) is 39.0 Å². The minimum absolute atomic E-state index is 0.630. The van der Waals surface area contributed by atoms with Gasteiger partial charge in [0.15, 0.2) is 0 Å². The number of anilines is 1. The van der Waals surface area contributed by atoms with E-state index in [0.29, 0.717) is 10.0 Å². The molecule has 0 unspecified atom stereocenters. The second-order valence-corrected chi connectivity index (χ2v) is 7.65. The summed E-state index contributed by atoms with van der Waals surface area (Å²) in [6, 6.07) is 12.4. The Bertz CT molecular complexity index is 856. The van der Waals surface area contributed by atoms with Gasteiger partial charge in [-0.1, -0.05) is 35.3 Å². The third kappa shape index (κ3) is 3.24. The van der Waals surface area contributed by atoms with Gasteiger partial charge >= 0.3 is 0 Å². The molecule has 0 amide bonds. The van der Waals surface area contributed by atoms with E-state index in [9.17, 15) is 0 Å². The van der Waals surface area contributed by atoms with Gasteiger partial charge < -0.3 is 4.90 Å². The normalized spacial score (nSPS) is 16.0. The van der Waals surface area contributed by atoms with Crippen molar-refractivity contribution in [2.24, 2.45) is 0 Å². The highest BCUT2D eigenvalue weighted by Crippen LogP contribution is 2.28. The number of thiazole rings is 1. The van der Waals surface area contributed by atoms with Crippen molar-refractivity contribution in [2.45, 2.75) is 6.54 Å². The molecule has 1 saturated heterocycles. The molecule has 3 nitrogen and oxygen atoms in total. The number of nitrogens with zero attached hydrogens (tertiary/aromatic N) is 3. The summed E-state index contributed by atoms with van der Waals surface area (Å²) in [6.45, 7) is 4.92. The van der Waals surface area contributed by atoms with E-state index < -0.39 is 0 Å². The van der Waals surface area contributed by atoms with Crippen LogP contribution in [0.4, 0.5) is 5.69 Å². The van der Waals surface area contributed by atoms with Gasteiger partial charge in [0, 0.05) is 38.4 Å². The van der Waals surface area contributed by atoms with E-state index >= 15 is 0 Å². The fraction of sp³-hybridized carbons (Fsp3) is 0.278. The van der Waals surface area contributed by atoms with Crippen molar-refractivity contribution in [2.75, 3.05) is 31.1 Å². The second-order valence-electron chi connectivity index (χ2n) is 5.98. The molecule has 0 radical (unpaired) electrons. The van der Waals surface area contributed by atoms with Crippen LogP contribution in [0.5, 0.6) is 0 Å². The van der Waals surface area contributed by atoms with Crippen LogP contribution in [0, 0.1) is 0 Å². The van der Waals surface area contributed by atoms with Gasteiger partial charge in [0.25, 0.3) is 0 Å². The highest BCUT2D eigenvalue weighted by molar-refractivity contribution is 7.16. The van der Waals surface area contributed by atoms with Crippen molar-refractivity contribution in [3.05, 3.63) is 57.5 Å². The Kier molecular flexibility index (Phi) is 4.63. The summed E-state index contributed by atoms with van der Waals surface area (Å²) in [5.74, 6) is 0. The van der Waals surface area contributed by atoms with Crippen molar-refractivity contribution in [3.63, 3.8) is 0 Å². The van der Waals surface area contributed by atoms with E-state index in [-0.39, 0.29) is 0 Å². The van der Waals surface area contributed by atoms with Gasteiger partial charge in [-0.25, -0.2) is 4.98 Å². The first-order valence-electron chi connectivity index (χ1n) is 7.94. The predicted molar refractivity (Wildman–Crippen MR) is 104 cm³/mol. The molecule has 4 rings (SSSR count). The lowest BCUT2D eigenvalue weighted by atomic mass is 10.2. The summed E-state index contributed by atoms with van der Waals surface area (Å²) in [4.78, 5) is 9.22. The molecule has 1 aliphatic rings. The quantitative estimate of drug-likeness (QED) is 0.645. The molecular formula is C18H17Cl2N3S. The summed E-state index contributed by atoms with van der Waals surface area (Å²) in [6.07, 6.45) is 0. The van der Waals surface area contributed by atoms with E-state index in [1.54, 1.807) is 11.3 Å². The van der Waals surface area contributed by atoms with Crippen LogP contribution in [0.25, 0.3) is 10.2 Å². The molecule has 2 aromatic carbocycles. The molecule has 1 aliphatic heterocycles. The molecule has 0 aliphatic carbocycles. The lowest BCUT2D eigenvalue weighted by Crippen LogP contribution is -2.46. The third-order valence-corrected chi connectivity index (χ3v) is 6.13. The van der Waals surface area contributed by atoms with Gasteiger partial charge in [0.05, 0.1) is 25.8 Å². The Morgan fingerprint density at radius 3 is 2.71 bits per heavy atom. The lowest BCUT2D eigenvalue weighted by Gasteiger charge is -2.36. The van der Waals surface area contributed by atoms with Gasteiger partial charge in [-0.3, -0.25) is 4.90 Å². The average molecular weight is 378 g/mol. The van der Waals surface area contributed by atoms with Crippen LogP contribution >= 0.6 is 34.5 Å². The SMILES string of the molecule is Clc1cccc(CN2CCN(c3ccc4ncsc4c3)CC2)c1Cl. The van der Waals surface area contributed by atoms with Crippen LogP contribution in [0.15, 0.2) is 41.9 Å². The molecule has 3 aromatic rings. The molecule has 1 aromatic heterocycles. The molecule has 124 valence electrons. The maximum Gasteiger partial charge on any atom is 0.0813 e. The molecule has 0 atom stereocenters. The van der Waals surface area contributed by atoms with Crippen LogP contribution in [0.1, 0.15) is 5.56 Å². The van der Waals surface area contributed by atoms with Gasteiger partial charge in [0.1, 0.15) is 0 Å². The Morgan fingerprint density at radius 2 is 1.88 bits per heavy atom. The molecule has 0 bridgehead atoms. The molecule has 24 heavy (non-hydrogen) atoms. The van der Waals surface area contributed by atoms with Crippen LogP contribution in [-0.4, -0.2) is 36.1 Å². The number of benzene rings is 2. The smallest absolute Gasteiger partial charge is 0.0813 e. The highest BCUT2D eigenvalue weighted by atomic mass is 35.5. The molecule has 0 spiro atoms. The largest absolute Gasteiger partial charge is 0.369 e. The Morgan fingerprint density at radius 1 is 1.04 bits per heavy atom. The number of hydrogen-bond acceptors (Lipinski definition) is 4. The first-order valence-corrected chi connectivity index (χ1v) is 9.58. The summed E-state index contributed by atoms with van der Waals surface area (Å²) >= 11 is 14.1. The molecule has 2 heterocycles. The van der Waals surface area contributed by atoms with Gasteiger partial charge in [-0.2, -0.15) is 0 Å². The van der Waals surface area contributed by atoms with Gasteiger partial charge in [-0.15, -0.1) is 11.3 Å². The topological polar surface area (TPSA) is 19.4 Å². The molecular weight excluding hydrogens is 361 g/mol. The minimum Gasteiger partial charge on any atom is -0.369 e. The summed E-state index contributed by atoms with van der Waals surface area (Å²) in [5, 5.41) is 1.31. The van der Waals surface area contributed by atoms with Crippen molar-refractivity contribution < 1.29 is 0 Å². The summed E-state index contributed by atoms with van der Waals surface area (Å²) < 4.78 is 1.25. The highest BCUT2D eigenvalue weighted by Gasteiger charge is 2.19. The van der Waals surface area contributed by atoms with Crippen molar-refractivity contribution >= 4 is 50.4 Å². The molecule has 6 heteroatoms. The van der Waals surface area contributed by atoms with Crippen LogP contribution in [-0.2, 0) is 6.54 Å². The van der Waals surface area contributed by atoms with Crippen LogP contribution in [0.2, 0.25) is 10.0 Å². The molecule has 0 N–H and O–H groups in total. The maximum absolute atomic E-state index is 6.31. The fourth-order valence-corrected chi connectivity index (χ4v) is 4.21.